The molecule has 0 saturated heterocycles. The second kappa shape index (κ2) is 4.44. The van der Waals surface area contributed by atoms with Gasteiger partial charge in [0.25, 0.3) is 0 Å². The molecule has 2 aromatic rings. The molecule has 1 aliphatic rings. The first kappa shape index (κ1) is 12.3. The van der Waals surface area contributed by atoms with E-state index in [0.717, 1.165) is 0 Å². The minimum Gasteiger partial charge on any atom is -0.478 e. The normalized spacial score (nSPS) is 13.7. The molecule has 1 aromatic carbocycles. The number of amides is 1. The number of benzene rings is 1. The molecule has 1 aliphatic heterocycles. The Morgan fingerprint density at radius 2 is 2.25 bits per heavy atom. The highest BCUT2D eigenvalue weighted by Crippen LogP contribution is 2.30. The molecule has 1 amide bonds. The van der Waals surface area contributed by atoms with Crippen molar-refractivity contribution in [3.63, 3.8) is 0 Å². The van der Waals surface area contributed by atoms with E-state index in [1.807, 2.05) is 0 Å². The Morgan fingerprint density at radius 1 is 1.45 bits per heavy atom. The van der Waals surface area contributed by atoms with E-state index in [1.165, 1.54) is 17.0 Å². The first-order chi connectivity index (χ1) is 9.54. The summed E-state index contributed by atoms with van der Waals surface area (Å²) in [6, 6.07) is 4.63. The lowest BCUT2D eigenvalue weighted by Gasteiger charge is -2.14. The van der Waals surface area contributed by atoms with Crippen LogP contribution in [0.3, 0.4) is 0 Å². The summed E-state index contributed by atoms with van der Waals surface area (Å²) in [5.41, 5.74) is 1.56. The maximum atomic E-state index is 12.0. The Morgan fingerprint density at radius 3 is 2.90 bits per heavy atom. The number of hydrogen-bond donors (Lipinski definition) is 1. The van der Waals surface area contributed by atoms with Gasteiger partial charge in [-0.2, -0.15) is 0 Å². The van der Waals surface area contributed by atoms with Gasteiger partial charge in [0.05, 0.1) is 12.0 Å². The summed E-state index contributed by atoms with van der Waals surface area (Å²) >= 11 is 0. The molecule has 0 unspecified atom stereocenters. The van der Waals surface area contributed by atoms with Crippen molar-refractivity contribution in [1.29, 1.82) is 0 Å². The number of aromatic nitrogens is 2. The maximum Gasteiger partial charge on any atom is 0.335 e. The van der Waals surface area contributed by atoms with Gasteiger partial charge in [-0.15, -0.1) is 10.2 Å². The topological polar surface area (TPSA) is 96.5 Å². The van der Waals surface area contributed by atoms with Gasteiger partial charge >= 0.3 is 5.97 Å². The van der Waals surface area contributed by atoms with Gasteiger partial charge in [-0.05, 0) is 23.8 Å². The predicted molar refractivity (Wildman–Crippen MR) is 67.3 cm³/mol. The number of anilines is 1. The van der Waals surface area contributed by atoms with E-state index >= 15 is 0 Å². The largest absolute Gasteiger partial charge is 0.478 e. The SMILES string of the molecule is Cc1nnc(CN2C(=O)Cc3cc(C(=O)O)ccc32)o1. The molecule has 0 fully saturated rings. The molecule has 1 N–H and O–H groups in total. The molecule has 7 heteroatoms. The number of aromatic carboxylic acids is 1. The number of carboxylic acid groups (broad SMARTS) is 1. The van der Waals surface area contributed by atoms with Gasteiger partial charge in [-0.25, -0.2) is 4.79 Å². The lowest BCUT2D eigenvalue weighted by molar-refractivity contribution is -0.117. The van der Waals surface area contributed by atoms with E-state index in [2.05, 4.69) is 10.2 Å². The standard InChI is InChI=1S/C13H11N3O4/c1-7-14-15-11(20-7)6-16-10-3-2-8(13(18)19)4-9(10)5-12(16)17/h2-4H,5-6H2,1H3,(H,18,19). The Balaban J connectivity index is 1.92. The first-order valence-electron chi connectivity index (χ1n) is 6.00. The highest BCUT2D eigenvalue weighted by molar-refractivity contribution is 6.02. The van der Waals surface area contributed by atoms with Gasteiger partial charge in [0, 0.05) is 12.6 Å². The van der Waals surface area contributed by atoms with Crippen LogP contribution in [0.2, 0.25) is 0 Å². The molecule has 0 aliphatic carbocycles. The summed E-state index contributed by atoms with van der Waals surface area (Å²) in [7, 11) is 0. The summed E-state index contributed by atoms with van der Waals surface area (Å²) in [5, 5.41) is 16.5. The molecule has 0 spiro atoms. The minimum absolute atomic E-state index is 0.113. The van der Waals surface area contributed by atoms with E-state index in [4.69, 9.17) is 9.52 Å². The van der Waals surface area contributed by atoms with Crippen LogP contribution in [0.1, 0.15) is 27.7 Å². The molecule has 0 saturated carbocycles. The number of rotatable bonds is 3. The molecular weight excluding hydrogens is 262 g/mol. The smallest absolute Gasteiger partial charge is 0.335 e. The van der Waals surface area contributed by atoms with Crippen LogP contribution >= 0.6 is 0 Å². The molecule has 0 atom stereocenters. The summed E-state index contributed by atoms with van der Waals surface area (Å²) in [5.74, 6) is -0.330. The average molecular weight is 273 g/mol. The Bertz CT molecular complexity index is 707. The van der Waals surface area contributed by atoms with E-state index in [-0.39, 0.29) is 24.4 Å². The molecule has 0 bridgehead atoms. The summed E-state index contributed by atoms with van der Waals surface area (Å²) in [6.45, 7) is 1.87. The molecular formula is C13H11N3O4. The number of fused-ring (bicyclic) bond motifs is 1. The van der Waals surface area contributed by atoms with E-state index in [0.29, 0.717) is 23.0 Å². The van der Waals surface area contributed by atoms with Gasteiger partial charge in [0.1, 0.15) is 6.54 Å². The number of carbonyl (C=O) groups is 2. The second-order valence-corrected chi connectivity index (χ2v) is 4.52. The number of nitrogens with zero attached hydrogens (tertiary/aromatic N) is 3. The fraction of sp³-hybridized carbons (Fsp3) is 0.231. The zero-order chi connectivity index (χ0) is 14.3. The molecule has 0 radical (unpaired) electrons. The van der Waals surface area contributed by atoms with Crippen LogP contribution in [-0.2, 0) is 17.8 Å². The zero-order valence-electron chi connectivity index (χ0n) is 10.7. The third-order valence-corrected chi connectivity index (χ3v) is 3.12. The Hall–Kier alpha value is -2.70. The molecule has 102 valence electrons. The lowest BCUT2D eigenvalue weighted by atomic mass is 10.1. The van der Waals surface area contributed by atoms with Gasteiger partial charge < -0.3 is 14.4 Å². The number of carboxylic acids is 1. The van der Waals surface area contributed by atoms with Gasteiger partial charge in [0.2, 0.25) is 17.7 Å². The summed E-state index contributed by atoms with van der Waals surface area (Å²) < 4.78 is 5.26. The third-order valence-electron chi connectivity index (χ3n) is 3.12. The van der Waals surface area contributed by atoms with Crippen LogP contribution < -0.4 is 4.90 Å². The monoisotopic (exact) mass is 273 g/mol. The third kappa shape index (κ3) is 2.03. The molecule has 7 nitrogen and oxygen atoms in total. The first-order valence-corrected chi connectivity index (χ1v) is 6.00. The van der Waals surface area contributed by atoms with Crippen molar-refractivity contribution in [2.75, 3.05) is 4.90 Å². The Kier molecular flexibility index (Phi) is 2.74. The van der Waals surface area contributed by atoms with Gasteiger partial charge in [-0.1, -0.05) is 0 Å². The Labute approximate surface area is 113 Å². The highest BCUT2D eigenvalue weighted by atomic mass is 16.4. The summed E-state index contributed by atoms with van der Waals surface area (Å²) in [6.07, 6.45) is 0.184. The van der Waals surface area contributed by atoms with Crippen LogP contribution in [0.4, 0.5) is 5.69 Å². The average Bonchev–Trinajstić information content (AvgIpc) is 2.94. The van der Waals surface area contributed by atoms with Crippen molar-refractivity contribution >= 4 is 17.6 Å². The summed E-state index contributed by atoms with van der Waals surface area (Å²) in [4.78, 5) is 24.5. The highest BCUT2D eigenvalue weighted by Gasteiger charge is 2.29. The maximum absolute atomic E-state index is 12.0. The van der Waals surface area contributed by atoms with Crippen molar-refractivity contribution in [2.45, 2.75) is 19.9 Å². The van der Waals surface area contributed by atoms with E-state index < -0.39 is 5.97 Å². The van der Waals surface area contributed by atoms with Gasteiger partial charge in [0.15, 0.2) is 0 Å². The lowest BCUT2D eigenvalue weighted by Crippen LogP contribution is -2.26. The number of carbonyl (C=O) groups excluding carboxylic acids is 1. The van der Waals surface area contributed by atoms with Crippen molar-refractivity contribution in [1.82, 2.24) is 10.2 Å². The molecule has 3 rings (SSSR count). The fourth-order valence-electron chi connectivity index (χ4n) is 2.23. The van der Waals surface area contributed by atoms with Crippen molar-refractivity contribution in [3.05, 3.63) is 41.1 Å². The van der Waals surface area contributed by atoms with Crippen molar-refractivity contribution in [2.24, 2.45) is 0 Å². The minimum atomic E-state index is -1.01. The van der Waals surface area contributed by atoms with E-state index in [1.54, 1.807) is 13.0 Å². The van der Waals surface area contributed by atoms with Crippen LogP contribution in [0.15, 0.2) is 22.6 Å². The quantitative estimate of drug-likeness (QED) is 0.901. The number of aryl methyl sites for hydroxylation is 1. The fourth-order valence-corrected chi connectivity index (χ4v) is 2.23. The van der Waals surface area contributed by atoms with Crippen LogP contribution in [-0.4, -0.2) is 27.2 Å². The van der Waals surface area contributed by atoms with Crippen molar-refractivity contribution in [3.8, 4) is 0 Å². The van der Waals surface area contributed by atoms with Gasteiger partial charge in [-0.3, -0.25) is 4.79 Å². The zero-order valence-corrected chi connectivity index (χ0v) is 10.7. The predicted octanol–water partition coefficient (Wildman–Crippen LogP) is 1.17. The van der Waals surface area contributed by atoms with Crippen LogP contribution in [0.5, 0.6) is 0 Å². The second-order valence-electron chi connectivity index (χ2n) is 4.52. The van der Waals surface area contributed by atoms with Crippen LogP contribution in [0.25, 0.3) is 0 Å². The van der Waals surface area contributed by atoms with E-state index in [9.17, 15) is 9.59 Å². The molecule has 2 heterocycles. The van der Waals surface area contributed by atoms with Crippen LogP contribution in [0, 0.1) is 6.92 Å². The van der Waals surface area contributed by atoms with Crippen molar-refractivity contribution < 1.29 is 19.1 Å². The molecule has 20 heavy (non-hydrogen) atoms. The number of hydrogen-bond acceptors (Lipinski definition) is 5. The molecule has 1 aromatic heterocycles.